The van der Waals surface area contributed by atoms with E-state index in [1.165, 1.54) is 49.4 Å². The van der Waals surface area contributed by atoms with Gasteiger partial charge in [0.15, 0.2) is 22.9 Å². The summed E-state index contributed by atoms with van der Waals surface area (Å²) in [5.74, 6) is 1.67. The molecule has 12 rings (SSSR count). The Morgan fingerprint density at radius 2 is 0.710 bits per heavy atom. The molecule has 8 aromatic carbocycles. The third kappa shape index (κ3) is 6.93. The molecule has 0 atom stereocenters. The van der Waals surface area contributed by atoms with Crippen molar-refractivity contribution in [1.29, 1.82) is 0 Å². The third-order valence-corrected chi connectivity index (χ3v) is 12.4. The SMILES string of the molecule is Brc1ccc(-c2nnc3c4ccccc4c(-c4ccc(-c5ccccc5)cc4)cn23)cc1.Brc1ccc(-c2nnc3c4ccccc4c(-c4ccc5ccccc5c4)cn23)cc1. The molecule has 0 fully saturated rings. The monoisotopic (exact) mass is 924 g/mol. The molecule has 0 saturated heterocycles. The molecule has 0 aliphatic heterocycles. The topological polar surface area (TPSA) is 60.4 Å². The first kappa shape index (κ1) is 37.7. The maximum atomic E-state index is 4.54. The van der Waals surface area contributed by atoms with Gasteiger partial charge in [-0.3, -0.25) is 8.80 Å². The standard InChI is InChI=1S/C28H18BrN3.C26H16BrN3/c29-23-16-14-22(15-17-23)27-30-31-28-25-9-5-4-8-24(25)26(18-32(27)28)21-12-10-20(11-13-21)19-6-2-1-3-7-19;27-21-13-11-18(12-14-21)25-28-29-26-23-8-4-3-7-22(23)24(16-30(25)26)20-10-9-17-5-1-2-6-19(17)15-20/h1-18H;1-16H. The van der Waals surface area contributed by atoms with Crippen molar-refractivity contribution in [2.24, 2.45) is 0 Å². The number of fused-ring (bicyclic) bond motifs is 7. The molecule has 0 amide bonds. The molecule has 0 aliphatic carbocycles. The minimum atomic E-state index is 0.834. The molecule has 0 unspecified atom stereocenters. The van der Waals surface area contributed by atoms with Crippen LogP contribution >= 0.6 is 31.9 Å². The Bertz CT molecular complexity index is 3580. The Hall–Kier alpha value is -7.26. The largest absolute Gasteiger partial charge is 0.281 e. The third-order valence-electron chi connectivity index (χ3n) is 11.4. The second-order valence-electron chi connectivity index (χ2n) is 15.1. The highest BCUT2D eigenvalue weighted by Gasteiger charge is 2.17. The first-order valence-electron chi connectivity index (χ1n) is 20.3. The zero-order valence-corrected chi connectivity index (χ0v) is 36.2. The first-order valence-corrected chi connectivity index (χ1v) is 21.8. The van der Waals surface area contributed by atoms with Crippen LogP contribution in [0.1, 0.15) is 0 Å². The highest BCUT2D eigenvalue weighted by molar-refractivity contribution is 9.10. The second-order valence-corrected chi connectivity index (χ2v) is 17.0. The number of benzene rings is 8. The van der Waals surface area contributed by atoms with Gasteiger partial charge in [-0.25, -0.2) is 0 Å². The van der Waals surface area contributed by atoms with Gasteiger partial charge in [-0.1, -0.05) is 196 Å². The maximum Gasteiger partial charge on any atom is 0.169 e. The van der Waals surface area contributed by atoms with E-state index in [1.54, 1.807) is 0 Å². The fourth-order valence-corrected chi connectivity index (χ4v) is 8.83. The summed E-state index contributed by atoms with van der Waals surface area (Å²) in [5, 5.41) is 25.1. The molecule has 4 heterocycles. The molecule has 8 heteroatoms. The van der Waals surface area contributed by atoms with Crippen LogP contribution in [-0.4, -0.2) is 29.2 Å². The summed E-state index contributed by atoms with van der Waals surface area (Å²) in [6, 6.07) is 67.5. The van der Waals surface area contributed by atoms with Gasteiger partial charge in [-0.15, -0.1) is 20.4 Å². The second kappa shape index (κ2) is 16.0. The van der Waals surface area contributed by atoms with Crippen molar-refractivity contribution in [2.75, 3.05) is 0 Å². The Morgan fingerprint density at radius 1 is 0.306 bits per heavy atom. The Morgan fingerprint density at radius 3 is 1.26 bits per heavy atom. The zero-order valence-electron chi connectivity index (χ0n) is 33.1. The van der Waals surface area contributed by atoms with Crippen LogP contribution in [-0.2, 0) is 0 Å². The van der Waals surface area contributed by atoms with Crippen LogP contribution < -0.4 is 0 Å². The van der Waals surface area contributed by atoms with Crippen LogP contribution in [0.4, 0.5) is 0 Å². The van der Waals surface area contributed by atoms with E-state index in [1.807, 2.05) is 30.3 Å². The van der Waals surface area contributed by atoms with Gasteiger partial charge in [0.05, 0.1) is 0 Å². The van der Waals surface area contributed by atoms with Gasteiger partial charge in [0.1, 0.15) is 0 Å². The lowest BCUT2D eigenvalue weighted by Gasteiger charge is -2.11. The van der Waals surface area contributed by atoms with Crippen LogP contribution in [0.25, 0.3) is 99.8 Å². The van der Waals surface area contributed by atoms with Crippen LogP contribution in [0.5, 0.6) is 0 Å². The van der Waals surface area contributed by atoms with Crippen molar-refractivity contribution in [3.63, 3.8) is 0 Å². The summed E-state index contributed by atoms with van der Waals surface area (Å²) in [4.78, 5) is 0. The molecule has 0 spiro atoms. The maximum absolute atomic E-state index is 4.54. The Kier molecular flexibility index (Phi) is 9.72. The summed E-state index contributed by atoms with van der Waals surface area (Å²) >= 11 is 7.02. The molecule has 0 N–H and O–H groups in total. The van der Waals surface area contributed by atoms with E-state index in [0.717, 1.165) is 59.4 Å². The highest BCUT2D eigenvalue weighted by Crippen LogP contribution is 2.36. The normalized spacial score (nSPS) is 11.4. The predicted molar refractivity (Wildman–Crippen MR) is 261 cm³/mol. The Labute approximate surface area is 374 Å². The quantitative estimate of drug-likeness (QED) is 0.173. The number of halogens is 2. The molecule has 4 aromatic heterocycles. The van der Waals surface area contributed by atoms with E-state index in [2.05, 4.69) is 237 Å². The van der Waals surface area contributed by atoms with Crippen molar-refractivity contribution in [3.8, 4) is 56.2 Å². The number of nitrogens with zero attached hydrogens (tertiary/aromatic N) is 6. The van der Waals surface area contributed by atoms with E-state index in [4.69, 9.17) is 0 Å². The number of aromatic nitrogens is 6. The lowest BCUT2D eigenvalue weighted by molar-refractivity contribution is 1.11. The van der Waals surface area contributed by atoms with E-state index in [-0.39, 0.29) is 0 Å². The number of pyridine rings is 2. The minimum Gasteiger partial charge on any atom is -0.281 e. The van der Waals surface area contributed by atoms with Crippen molar-refractivity contribution in [1.82, 2.24) is 29.2 Å². The molecule has 0 radical (unpaired) electrons. The van der Waals surface area contributed by atoms with Gasteiger partial charge in [-0.2, -0.15) is 0 Å². The average molecular weight is 927 g/mol. The van der Waals surface area contributed by atoms with E-state index in [9.17, 15) is 0 Å². The van der Waals surface area contributed by atoms with Gasteiger partial charge in [0.25, 0.3) is 0 Å². The highest BCUT2D eigenvalue weighted by atomic mass is 79.9. The molecule has 12 aromatic rings. The number of rotatable bonds is 5. The van der Waals surface area contributed by atoms with E-state index >= 15 is 0 Å². The van der Waals surface area contributed by atoms with Crippen LogP contribution in [0.3, 0.4) is 0 Å². The molecule has 0 bridgehead atoms. The lowest BCUT2D eigenvalue weighted by atomic mass is 9.97. The van der Waals surface area contributed by atoms with Crippen molar-refractivity contribution in [2.45, 2.75) is 0 Å². The summed E-state index contributed by atoms with van der Waals surface area (Å²) in [5.41, 5.74) is 10.9. The van der Waals surface area contributed by atoms with E-state index in [0.29, 0.717) is 0 Å². The van der Waals surface area contributed by atoms with Gasteiger partial charge in [0.2, 0.25) is 0 Å². The van der Waals surface area contributed by atoms with Crippen LogP contribution in [0, 0.1) is 0 Å². The fourth-order valence-electron chi connectivity index (χ4n) is 8.30. The molecule has 0 saturated carbocycles. The number of hydrogen-bond acceptors (Lipinski definition) is 4. The van der Waals surface area contributed by atoms with Crippen LogP contribution in [0.2, 0.25) is 0 Å². The van der Waals surface area contributed by atoms with Crippen LogP contribution in [0.15, 0.2) is 215 Å². The molecule has 62 heavy (non-hydrogen) atoms. The van der Waals surface area contributed by atoms with Gasteiger partial charge in [0, 0.05) is 54.4 Å². The average Bonchev–Trinajstić information content (AvgIpc) is 3.97. The lowest BCUT2D eigenvalue weighted by Crippen LogP contribution is -1.93. The molecule has 294 valence electrons. The molecular weight excluding hydrogens is 892 g/mol. The van der Waals surface area contributed by atoms with Crippen molar-refractivity contribution >= 4 is 75.5 Å². The summed E-state index contributed by atoms with van der Waals surface area (Å²) in [6.45, 7) is 0. The fraction of sp³-hybridized carbons (Fsp3) is 0. The molecular formula is C54H34Br2N6. The van der Waals surface area contributed by atoms with Crippen molar-refractivity contribution < 1.29 is 0 Å². The van der Waals surface area contributed by atoms with Gasteiger partial charge < -0.3 is 0 Å². The predicted octanol–water partition coefficient (Wildman–Crippen LogP) is 14.8. The summed E-state index contributed by atoms with van der Waals surface area (Å²) in [6.07, 6.45) is 4.33. The summed E-state index contributed by atoms with van der Waals surface area (Å²) in [7, 11) is 0. The first-order chi connectivity index (χ1) is 30.6. The zero-order chi connectivity index (χ0) is 41.6. The van der Waals surface area contributed by atoms with E-state index < -0.39 is 0 Å². The van der Waals surface area contributed by atoms with Gasteiger partial charge >= 0.3 is 0 Å². The molecule has 0 aliphatic rings. The minimum absolute atomic E-state index is 0.834. The summed E-state index contributed by atoms with van der Waals surface area (Å²) < 4.78 is 6.30. The Balaban J connectivity index is 0.000000140. The number of hydrogen-bond donors (Lipinski definition) is 0. The molecule has 6 nitrogen and oxygen atoms in total. The van der Waals surface area contributed by atoms with Crippen molar-refractivity contribution in [3.05, 3.63) is 215 Å². The smallest absolute Gasteiger partial charge is 0.169 e. The van der Waals surface area contributed by atoms with Gasteiger partial charge in [-0.05, 0) is 74.1 Å².